The van der Waals surface area contributed by atoms with Gasteiger partial charge in [-0.05, 0) is 30.0 Å². The molecule has 0 aromatic heterocycles. The van der Waals surface area contributed by atoms with Crippen LogP contribution in [0.15, 0.2) is 30.8 Å². The van der Waals surface area contributed by atoms with Crippen molar-refractivity contribution in [3.63, 3.8) is 0 Å². The van der Waals surface area contributed by atoms with Crippen molar-refractivity contribution in [2.24, 2.45) is 0 Å². The topological polar surface area (TPSA) is 20.3 Å². The number of rotatable bonds is 0. The lowest BCUT2D eigenvalue weighted by molar-refractivity contribution is 0.0756. The molecule has 1 fully saturated rings. The van der Waals surface area contributed by atoms with E-state index >= 15 is 0 Å². The summed E-state index contributed by atoms with van der Waals surface area (Å²) in [5.41, 5.74) is 2.98. The van der Waals surface area contributed by atoms with Crippen LogP contribution in [0.5, 0.6) is 0 Å². The number of hydrogen-bond acceptors (Lipinski definition) is 1. The Hall–Kier alpha value is -1.57. The molecule has 2 aliphatic heterocycles. The zero-order valence-corrected chi connectivity index (χ0v) is 8.57. The summed E-state index contributed by atoms with van der Waals surface area (Å²) >= 11 is 0. The van der Waals surface area contributed by atoms with Crippen molar-refractivity contribution >= 4 is 11.5 Å². The Balaban J connectivity index is 2.18. The molecule has 1 saturated heterocycles. The molecule has 2 aliphatic rings. The third-order valence-electron chi connectivity index (χ3n) is 3.42. The minimum absolute atomic E-state index is 0.181. The molecule has 0 N–H and O–H groups in total. The Labute approximate surface area is 89.2 Å². The Morgan fingerprint density at radius 1 is 1.27 bits per heavy atom. The van der Waals surface area contributed by atoms with E-state index in [4.69, 9.17) is 0 Å². The number of fused-ring (bicyclic) bond motifs is 2. The standard InChI is InChI=1S/C13H13NO/c1-9-10-5-2-3-6-11(10)13(15)14-8-4-7-12(9)14/h2-3,5-6,12H,1,4,7-8H2/t12-/m0/s1. The van der Waals surface area contributed by atoms with Gasteiger partial charge in [0, 0.05) is 12.1 Å². The van der Waals surface area contributed by atoms with Crippen LogP contribution in [-0.2, 0) is 0 Å². The van der Waals surface area contributed by atoms with E-state index in [1.807, 2.05) is 29.2 Å². The van der Waals surface area contributed by atoms with Gasteiger partial charge in [-0.15, -0.1) is 0 Å². The Morgan fingerprint density at radius 3 is 2.80 bits per heavy atom. The van der Waals surface area contributed by atoms with Crippen molar-refractivity contribution in [1.29, 1.82) is 0 Å². The van der Waals surface area contributed by atoms with Gasteiger partial charge in [-0.1, -0.05) is 24.8 Å². The third kappa shape index (κ3) is 1.08. The van der Waals surface area contributed by atoms with Crippen LogP contribution in [0, 0.1) is 0 Å². The van der Waals surface area contributed by atoms with Crippen molar-refractivity contribution in [1.82, 2.24) is 4.90 Å². The highest BCUT2D eigenvalue weighted by Gasteiger charge is 2.37. The van der Waals surface area contributed by atoms with E-state index in [-0.39, 0.29) is 11.9 Å². The van der Waals surface area contributed by atoms with Crippen LogP contribution in [0.4, 0.5) is 0 Å². The molecule has 2 heterocycles. The van der Waals surface area contributed by atoms with Crippen LogP contribution in [0.3, 0.4) is 0 Å². The van der Waals surface area contributed by atoms with E-state index in [1.54, 1.807) is 0 Å². The van der Waals surface area contributed by atoms with Crippen LogP contribution in [-0.4, -0.2) is 23.4 Å². The molecule has 1 atom stereocenters. The molecule has 1 aromatic rings. The van der Waals surface area contributed by atoms with Crippen molar-refractivity contribution in [3.8, 4) is 0 Å². The van der Waals surface area contributed by atoms with E-state index in [0.717, 1.165) is 36.1 Å². The van der Waals surface area contributed by atoms with Gasteiger partial charge in [-0.25, -0.2) is 0 Å². The molecule has 0 aliphatic carbocycles. The summed E-state index contributed by atoms with van der Waals surface area (Å²) in [5.74, 6) is 0.181. The van der Waals surface area contributed by atoms with Gasteiger partial charge in [-0.2, -0.15) is 0 Å². The zero-order chi connectivity index (χ0) is 10.4. The lowest BCUT2D eigenvalue weighted by Crippen LogP contribution is -2.40. The molecule has 15 heavy (non-hydrogen) atoms. The summed E-state index contributed by atoms with van der Waals surface area (Å²) in [6.07, 6.45) is 2.17. The first-order valence-electron chi connectivity index (χ1n) is 5.38. The average Bonchev–Trinajstić information content (AvgIpc) is 2.75. The average molecular weight is 199 g/mol. The molecular formula is C13H13NO. The molecule has 2 nitrogen and oxygen atoms in total. The second-order valence-corrected chi connectivity index (χ2v) is 4.23. The Kier molecular flexibility index (Phi) is 1.72. The molecule has 0 unspecified atom stereocenters. The fourth-order valence-corrected chi connectivity index (χ4v) is 2.66. The van der Waals surface area contributed by atoms with Gasteiger partial charge in [0.15, 0.2) is 0 Å². The van der Waals surface area contributed by atoms with Gasteiger partial charge in [0.2, 0.25) is 0 Å². The van der Waals surface area contributed by atoms with Crippen molar-refractivity contribution < 1.29 is 4.79 Å². The second kappa shape index (κ2) is 2.96. The number of benzene rings is 1. The first-order valence-corrected chi connectivity index (χ1v) is 5.38. The third-order valence-corrected chi connectivity index (χ3v) is 3.42. The summed E-state index contributed by atoms with van der Waals surface area (Å²) in [5, 5.41) is 0. The highest BCUT2D eigenvalue weighted by molar-refractivity contribution is 6.03. The SMILES string of the molecule is C=C1c2ccccc2C(=O)N2CCC[C@@H]12. The molecule has 0 radical (unpaired) electrons. The number of carbonyl (C=O) groups excluding carboxylic acids is 1. The van der Waals surface area contributed by atoms with Gasteiger partial charge < -0.3 is 4.90 Å². The predicted octanol–water partition coefficient (Wildman–Crippen LogP) is 2.32. The van der Waals surface area contributed by atoms with E-state index < -0.39 is 0 Å². The molecular weight excluding hydrogens is 186 g/mol. The first-order chi connectivity index (χ1) is 7.29. The summed E-state index contributed by atoms with van der Waals surface area (Å²) < 4.78 is 0. The molecule has 0 bridgehead atoms. The maximum absolute atomic E-state index is 12.1. The number of carbonyl (C=O) groups is 1. The summed E-state index contributed by atoms with van der Waals surface area (Å²) in [6.45, 7) is 5.02. The van der Waals surface area contributed by atoms with Gasteiger partial charge in [0.05, 0.1) is 6.04 Å². The van der Waals surface area contributed by atoms with Crippen LogP contribution >= 0.6 is 0 Å². The maximum atomic E-state index is 12.1. The second-order valence-electron chi connectivity index (χ2n) is 4.23. The quantitative estimate of drug-likeness (QED) is 0.628. The van der Waals surface area contributed by atoms with Crippen LogP contribution in [0.1, 0.15) is 28.8 Å². The summed E-state index contributed by atoms with van der Waals surface area (Å²) in [7, 11) is 0. The lowest BCUT2D eigenvalue weighted by Gasteiger charge is -2.32. The van der Waals surface area contributed by atoms with Crippen LogP contribution in [0.25, 0.3) is 5.57 Å². The minimum atomic E-state index is 0.181. The van der Waals surface area contributed by atoms with Crippen molar-refractivity contribution in [2.75, 3.05) is 6.54 Å². The summed E-state index contributed by atoms with van der Waals surface area (Å²) in [6, 6.07) is 8.05. The Morgan fingerprint density at radius 2 is 2.00 bits per heavy atom. The zero-order valence-electron chi connectivity index (χ0n) is 8.57. The van der Waals surface area contributed by atoms with Crippen molar-refractivity contribution in [3.05, 3.63) is 42.0 Å². The van der Waals surface area contributed by atoms with E-state index in [9.17, 15) is 4.79 Å². The fraction of sp³-hybridized carbons (Fsp3) is 0.308. The van der Waals surface area contributed by atoms with Crippen LogP contribution < -0.4 is 0 Å². The van der Waals surface area contributed by atoms with Crippen LogP contribution in [0.2, 0.25) is 0 Å². The van der Waals surface area contributed by atoms with Gasteiger partial charge in [0.25, 0.3) is 5.91 Å². The molecule has 76 valence electrons. The fourth-order valence-electron chi connectivity index (χ4n) is 2.66. The highest BCUT2D eigenvalue weighted by atomic mass is 16.2. The molecule has 0 saturated carbocycles. The smallest absolute Gasteiger partial charge is 0.254 e. The molecule has 3 rings (SSSR count). The predicted molar refractivity (Wildman–Crippen MR) is 59.5 cm³/mol. The van der Waals surface area contributed by atoms with Gasteiger partial charge >= 0.3 is 0 Å². The van der Waals surface area contributed by atoms with Crippen molar-refractivity contribution in [2.45, 2.75) is 18.9 Å². The minimum Gasteiger partial charge on any atom is -0.332 e. The van der Waals surface area contributed by atoms with E-state index in [0.29, 0.717) is 0 Å². The monoisotopic (exact) mass is 199 g/mol. The summed E-state index contributed by atoms with van der Waals surface area (Å²) in [4.78, 5) is 14.1. The normalized spacial score (nSPS) is 24.0. The molecule has 1 aromatic carbocycles. The van der Waals surface area contributed by atoms with E-state index in [2.05, 4.69) is 6.58 Å². The van der Waals surface area contributed by atoms with E-state index in [1.165, 1.54) is 0 Å². The highest BCUT2D eigenvalue weighted by Crippen LogP contribution is 2.36. The Bertz CT molecular complexity index is 409. The molecule has 2 heteroatoms. The van der Waals surface area contributed by atoms with Gasteiger partial charge in [0.1, 0.15) is 0 Å². The molecule has 1 amide bonds. The number of amides is 1. The molecule has 0 spiro atoms. The van der Waals surface area contributed by atoms with Gasteiger partial charge in [-0.3, -0.25) is 4.79 Å². The number of nitrogens with zero attached hydrogens (tertiary/aromatic N) is 1. The maximum Gasteiger partial charge on any atom is 0.254 e. The lowest BCUT2D eigenvalue weighted by atomic mass is 9.90. The number of hydrogen-bond donors (Lipinski definition) is 0. The first kappa shape index (κ1) is 8.72. The largest absolute Gasteiger partial charge is 0.332 e.